The molecule has 0 unspecified atom stereocenters. The van der Waals surface area contributed by atoms with Crippen molar-refractivity contribution in [2.75, 3.05) is 0 Å². The van der Waals surface area contributed by atoms with Crippen molar-refractivity contribution in [1.29, 1.82) is 0 Å². The molecule has 0 rings (SSSR count). The van der Waals surface area contributed by atoms with Crippen LogP contribution in [-0.2, 0) is 30.3 Å². The Bertz CT molecular complexity index is 6.00. The number of hydrogen-bond acceptors (Lipinski definition) is 0. The van der Waals surface area contributed by atoms with Gasteiger partial charge in [0.25, 0.3) is 0 Å². The Balaban J connectivity index is 0. The van der Waals surface area contributed by atoms with Crippen LogP contribution in [0.4, 0.5) is 0 Å². The molecule has 29 valence electrons. The molecule has 0 amide bonds. The summed E-state index contributed by atoms with van der Waals surface area (Å²) in [7, 11) is 9.47. The van der Waals surface area contributed by atoms with E-state index >= 15 is 0 Å². The minimum absolute atomic E-state index is 0. The van der Waals surface area contributed by atoms with E-state index in [2.05, 4.69) is 0 Å². The van der Waals surface area contributed by atoms with Crippen LogP contribution >= 0.6 is 20.3 Å². The van der Waals surface area contributed by atoms with Gasteiger partial charge >= 0.3 is 33.2 Å². The van der Waals surface area contributed by atoms with Crippen molar-refractivity contribution in [2.24, 2.45) is 0 Å². The molecule has 0 aliphatic rings. The molecule has 0 saturated heterocycles. The standard InChI is InChI=1S/2ClH.Co.Cr/h2*1H;;/q;;+2;/p-2. The van der Waals surface area contributed by atoms with Crippen molar-refractivity contribution in [3.63, 3.8) is 0 Å². The van der Waals surface area contributed by atoms with E-state index in [4.69, 9.17) is 20.3 Å². The summed E-state index contributed by atoms with van der Waals surface area (Å²) < 4.78 is 0. The zero-order chi connectivity index (χ0) is 2.71. The van der Waals surface area contributed by atoms with Gasteiger partial charge in [-0.3, -0.25) is 0 Å². The van der Waals surface area contributed by atoms with Crippen molar-refractivity contribution < 1.29 is 30.3 Å². The first-order valence-corrected chi connectivity index (χ1v) is 3.12. The van der Waals surface area contributed by atoms with E-state index in [1.54, 1.807) is 0 Å². The molecule has 4 heavy (non-hydrogen) atoms. The third-order valence-electron chi connectivity index (χ3n) is 0. The van der Waals surface area contributed by atoms with Gasteiger partial charge in [0.05, 0.1) is 0 Å². The summed E-state index contributed by atoms with van der Waals surface area (Å²) in [6.07, 6.45) is 0. The van der Waals surface area contributed by atoms with Crippen LogP contribution in [-0.4, -0.2) is 0 Å². The second-order valence-corrected chi connectivity index (χ2v) is 1.77. The second-order valence-electron chi connectivity index (χ2n) is 0.0476. The first-order valence-electron chi connectivity index (χ1n) is 0.252. The van der Waals surface area contributed by atoms with Crippen molar-refractivity contribution >= 4 is 20.3 Å². The first kappa shape index (κ1) is 9.15. The maximum Gasteiger partial charge on any atom is 0 e. The summed E-state index contributed by atoms with van der Waals surface area (Å²) in [5.74, 6) is 0. The molecular formula is Cl2CoCr. The van der Waals surface area contributed by atoms with Crippen LogP contribution in [0.15, 0.2) is 0 Å². The molecule has 0 fully saturated rings. The predicted octanol–water partition coefficient (Wildman–Crippen LogP) is 1.37. The average Bonchev–Trinajstić information content (AvgIpc) is 0.918. The van der Waals surface area contributed by atoms with Gasteiger partial charge in [-0.25, -0.2) is 0 Å². The Morgan fingerprint density at radius 1 is 1.25 bits per heavy atom. The van der Waals surface area contributed by atoms with Gasteiger partial charge < -0.3 is 0 Å². The number of rotatable bonds is 0. The molecule has 0 bridgehead atoms. The van der Waals surface area contributed by atoms with Gasteiger partial charge in [-0.1, -0.05) is 0 Å². The normalized spacial score (nSPS) is 5.50. The molecule has 0 saturated carbocycles. The zero-order valence-corrected chi connectivity index (χ0v) is 5.33. The van der Waals surface area contributed by atoms with E-state index in [-0.39, 0.29) is 17.4 Å². The third kappa shape index (κ3) is 9.47. The molecule has 0 radical (unpaired) electrons. The number of hydrogen-bond donors (Lipinski definition) is 0. The van der Waals surface area contributed by atoms with Gasteiger partial charge in [0, 0.05) is 17.4 Å². The number of halogens is 2. The Morgan fingerprint density at radius 2 is 1.25 bits per heavy atom. The first-order chi connectivity index (χ1) is 1.41. The van der Waals surface area contributed by atoms with E-state index in [0.717, 1.165) is 0 Å². The van der Waals surface area contributed by atoms with Crippen LogP contribution in [0.25, 0.3) is 0 Å². The summed E-state index contributed by atoms with van der Waals surface area (Å²) in [6.45, 7) is 0. The molecule has 0 nitrogen and oxygen atoms in total. The maximum absolute atomic E-state index is 4.73. The van der Waals surface area contributed by atoms with Gasteiger partial charge in [-0.15, -0.1) is 0 Å². The predicted molar refractivity (Wildman–Crippen MR) is 11.7 cm³/mol. The Kier molecular flexibility index (Phi) is 20.2. The molecule has 0 spiro atoms. The Labute approximate surface area is 50.5 Å². The van der Waals surface area contributed by atoms with Crippen LogP contribution in [0.2, 0.25) is 0 Å². The minimum Gasteiger partial charge on any atom is 0 e. The second kappa shape index (κ2) is 8.82. The van der Waals surface area contributed by atoms with Gasteiger partial charge in [-0.2, -0.15) is 0 Å². The van der Waals surface area contributed by atoms with Gasteiger partial charge in [0.15, 0.2) is 0 Å². The molecule has 4 heteroatoms. The summed E-state index contributed by atoms with van der Waals surface area (Å²) in [5, 5.41) is 0. The van der Waals surface area contributed by atoms with Crippen LogP contribution in [0.3, 0.4) is 0 Å². The van der Waals surface area contributed by atoms with Crippen LogP contribution < -0.4 is 0 Å². The molecule has 0 atom stereocenters. The summed E-state index contributed by atoms with van der Waals surface area (Å²) in [4.78, 5) is 0. The van der Waals surface area contributed by atoms with Crippen LogP contribution in [0.1, 0.15) is 0 Å². The molecular weight excluding hydrogens is 182 g/mol. The van der Waals surface area contributed by atoms with Crippen LogP contribution in [0.5, 0.6) is 0 Å². The van der Waals surface area contributed by atoms with E-state index in [1.165, 1.54) is 0 Å². The van der Waals surface area contributed by atoms with Crippen molar-refractivity contribution in [3.05, 3.63) is 0 Å². The quantitative estimate of drug-likeness (QED) is 0.530. The van der Waals surface area contributed by atoms with Gasteiger partial charge in [0.1, 0.15) is 0 Å². The molecule has 0 N–H and O–H groups in total. The van der Waals surface area contributed by atoms with E-state index in [0.29, 0.717) is 12.9 Å². The van der Waals surface area contributed by atoms with E-state index in [1.807, 2.05) is 0 Å². The molecule has 0 aromatic heterocycles. The molecule has 0 aliphatic carbocycles. The average molecular weight is 182 g/mol. The third-order valence-corrected chi connectivity index (χ3v) is 0. The molecule has 0 aliphatic heterocycles. The molecule has 0 aromatic carbocycles. The zero-order valence-electron chi connectivity index (χ0n) is 1.50. The maximum atomic E-state index is 4.73. The minimum atomic E-state index is 0. The fourth-order valence-electron chi connectivity index (χ4n) is 0. The summed E-state index contributed by atoms with van der Waals surface area (Å²) in [5.41, 5.74) is 0. The largest absolute Gasteiger partial charge is 0 e. The smallest absolute Gasteiger partial charge is 0 e. The van der Waals surface area contributed by atoms with Crippen molar-refractivity contribution in [3.8, 4) is 0 Å². The Morgan fingerprint density at radius 3 is 1.25 bits per heavy atom. The fourth-order valence-corrected chi connectivity index (χ4v) is 0. The fraction of sp³-hybridized carbons (Fsp3) is 0. The van der Waals surface area contributed by atoms with Crippen molar-refractivity contribution in [2.45, 2.75) is 0 Å². The molecule has 0 aromatic rings. The Hall–Kier alpha value is 1.62. The van der Waals surface area contributed by atoms with Crippen molar-refractivity contribution in [1.82, 2.24) is 0 Å². The van der Waals surface area contributed by atoms with Gasteiger partial charge in [-0.05, 0) is 0 Å². The van der Waals surface area contributed by atoms with E-state index in [9.17, 15) is 0 Å². The summed E-state index contributed by atoms with van der Waals surface area (Å²) >= 11 is 0.382. The van der Waals surface area contributed by atoms with Crippen LogP contribution in [0, 0.1) is 0 Å². The monoisotopic (exact) mass is 181 g/mol. The summed E-state index contributed by atoms with van der Waals surface area (Å²) in [6, 6.07) is 0. The molecule has 0 heterocycles. The topological polar surface area (TPSA) is 0 Å². The van der Waals surface area contributed by atoms with Gasteiger partial charge in [0.2, 0.25) is 0 Å². The SMILES string of the molecule is [Cl][Co][Cl].[Cr]. The van der Waals surface area contributed by atoms with E-state index < -0.39 is 0 Å².